The number of rotatable bonds is 7. The van der Waals surface area contributed by atoms with E-state index < -0.39 is 18.2 Å². The van der Waals surface area contributed by atoms with Crippen molar-refractivity contribution < 1.29 is 19.1 Å². The van der Waals surface area contributed by atoms with Crippen LogP contribution in [0.4, 0.5) is 16.2 Å². The maximum atomic E-state index is 13.6. The Hall–Kier alpha value is -4.62. The van der Waals surface area contributed by atoms with E-state index in [-0.39, 0.29) is 18.4 Å². The van der Waals surface area contributed by atoms with Crippen molar-refractivity contribution in [2.45, 2.75) is 18.7 Å². The SMILES string of the molecule is O=C(Nc1cccc(C2OC(=O)N(Cc3ccccc3)C2C(=O)Nc2ccccc2)c1)c1cccc(Cl)c1. The number of amides is 3. The molecule has 3 amide bonds. The van der Waals surface area contributed by atoms with Crippen LogP contribution in [0.25, 0.3) is 0 Å². The topological polar surface area (TPSA) is 87.7 Å². The van der Waals surface area contributed by atoms with Gasteiger partial charge in [0.05, 0.1) is 6.54 Å². The second-order valence-electron chi connectivity index (χ2n) is 8.81. The number of halogens is 1. The van der Waals surface area contributed by atoms with E-state index in [0.717, 1.165) is 5.56 Å². The highest BCUT2D eigenvalue weighted by atomic mass is 35.5. The lowest BCUT2D eigenvalue weighted by molar-refractivity contribution is -0.121. The number of para-hydroxylation sites is 1. The average Bonchev–Trinajstić information content (AvgIpc) is 3.26. The standard InChI is InChI=1S/C30H24ClN3O4/c31-23-13-7-12-22(17-23)28(35)33-25-16-8-11-21(18-25)27-26(29(36)32-24-14-5-2-6-15-24)34(30(37)38-27)19-20-9-3-1-4-10-20/h1-18,26-27H,19H2,(H,32,36)(H,33,35). The molecule has 7 nitrogen and oxygen atoms in total. The lowest BCUT2D eigenvalue weighted by Gasteiger charge is -2.24. The van der Waals surface area contributed by atoms with Gasteiger partial charge in [0, 0.05) is 22.0 Å². The first-order valence-electron chi connectivity index (χ1n) is 12.0. The molecular weight excluding hydrogens is 502 g/mol. The first-order chi connectivity index (χ1) is 18.5. The summed E-state index contributed by atoms with van der Waals surface area (Å²) in [5.41, 5.74) is 2.95. The molecule has 0 bridgehead atoms. The Kier molecular flexibility index (Phi) is 7.38. The van der Waals surface area contributed by atoms with Gasteiger partial charge in [-0.3, -0.25) is 14.5 Å². The fourth-order valence-electron chi connectivity index (χ4n) is 4.35. The number of hydrogen-bond donors (Lipinski definition) is 2. The number of cyclic esters (lactones) is 1. The van der Waals surface area contributed by atoms with Crippen molar-refractivity contribution >= 4 is 40.9 Å². The molecule has 0 aliphatic carbocycles. The minimum absolute atomic E-state index is 0.203. The minimum atomic E-state index is -0.943. The predicted molar refractivity (Wildman–Crippen MR) is 146 cm³/mol. The highest BCUT2D eigenvalue weighted by Crippen LogP contribution is 2.35. The van der Waals surface area contributed by atoms with Crippen LogP contribution in [0.3, 0.4) is 0 Å². The molecule has 1 saturated heterocycles. The number of nitrogens with one attached hydrogen (secondary N) is 2. The van der Waals surface area contributed by atoms with Gasteiger partial charge < -0.3 is 15.4 Å². The van der Waals surface area contributed by atoms with Crippen LogP contribution in [0.15, 0.2) is 109 Å². The van der Waals surface area contributed by atoms with Crippen LogP contribution in [0, 0.1) is 0 Å². The number of nitrogens with zero attached hydrogens (tertiary/aromatic N) is 1. The van der Waals surface area contributed by atoms with Gasteiger partial charge in [0.2, 0.25) is 0 Å². The van der Waals surface area contributed by atoms with Gasteiger partial charge in [0.25, 0.3) is 11.8 Å². The van der Waals surface area contributed by atoms with E-state index in [9.17, 15) is 14.4 Å². The van der Waals surface area contributed by atoms with E-state index in [0.29, 0.717) is 27.5 Å². The average molecular weight is 526 g/mol. The Balaban J connectivity index is 1.43. The molecule has 1 fully saturated rings. The van der Waals surface area contributed by atoms with Crippen LogP contribution in [0.5, 0.6) is 0 Å². The normalized spacial score (nSPS) is 16.6. The van der Waals surface area contributed by atoms with Gasteiger partial charge >= 0.3 is 6.09 Å². The molecule has 0 saturated carbocycles. The van der Waals surface area contributed by atoms with Crippen molar-refractivity contribution in [1.82, 2.24) is 4.90 Å². The zero-order valence-electron chi connectivity index (χ0n) is 20.2. The van der Waals surface area contributed by atoms with Crippen molar-refractivity contribution in [1.29, 1.82) is 0 Å². The number of hydrogen-bond acceptors (Lipinski definition) is 4. The third-order valence-electron chi connectivity index (χ3n) is 6.15. The van der Waals surface area contributed by atoms with Gasteiger partial charge in [-0.05, 0) is 53.6 Å². The second kappa shape index (κ2) is 11.2. The van der Waals surface area contributed by atoms with Gasteiger partial charge in [0.15, 0.2) is 12.1 Å². The molecule has 5 rings (SSSR count). The molecule has 4 aromatic rings. The Labute approximate surface area is 225 Å². The van der Waals surface area contributed by atoms with Crippen molar-refractivity contribution in [3.05, 3.63) is 131 Å². The van der Waals surface area contributed by atoms with Crippen LogP contribution in [-0.2, 0) is 16.1 Å². The second-order valence-corrected chi connectivity index (χ2v) is 9.24. The molecule has 2 unspecified atom stereocenters. The summed E-state index contributed by atoms with van der Waals surface area (Å²) in [5.74, 6) is -0.714. The summed E-state index contributed by atoms with van der Waals surface area (Å²) in [7, 11) is 0. The minimum Gasteiger partial charge on any atom is -0.438 e. The lowest BCUT2D eigenvalue weighted by Crippen LogP contribution is -2.43. The zero-order valence-corrected chi connectivity index (χ0v) is 21.0. The van der Waals surface area contributed by atoms with Crippen molar-refractivity contribution in [3.8, 4) is 0 Å². The Morgan fingerprint density at radius 3 is 2.21 bits per heavy atom. The number of carbonyl (C=O) groups excluding carboxylic acids is 3. The summed E-state index contributed by atoms with van der Waals surface area (Å²) < 4.78 is 5.76. The van der Waals surface area contributed by atoms with Crippen LogP contribution in [0.1, 0.15) is 27.6 Å². The molecule has 190 valence electrons. The fourth-order valence-corrected chi connectivity index (χ4v) is 4.54. The number of anilines is 2. The molecule has 1 aliphatic rings. The predicted octanol–water partition coefficient (Wildman–Crippen LogP) is 6.29. The maximum Gasteiger partial charge on any atom is 0.411 e. The maximum absolute atomic E-state index is 13.6. The molecule has 0 radical (unpaired) electrons. The summed E-state index contributed by atoms with van der Waals surface area (Å²) >= 11 is 6.02. The third kappa shape index (κ3) is 5.68. The van der Waals surface area contributed by atoms with E-state index >= 15 is 0 Å². The Bertz CT molecular complexity index is 1460. The highest BCUT2D eigenvalue weighted by molar-refractivity contribution is 6.31. The van der Waals surface area contributed by atoms with E-state index in [4.69, 9.17) is 16.3 Å². The van der Waals surface area contributed by atoms with Crippen molar-refractivity contribution in [2.24, 2.45) is 0 Å². The Morgan fingerprint density at radius 2 is 1.47 bits per heavy atom. The smallest absolute Gasteiger partial charge is 0.411 e. The quantitative estimate of drug-likeness (QED) is 0.297. The number of carbonyl (C=O) groups is 3. The molecule has 4 aromatic carbocycles. The largest absolute Gasteiger partial charge is 0.438 e. The van der Waals surface area contributed by atoms with E-state index in [1.807, 2.05) is 48.5 Å². The third-order valence-corrected chi connectivity index (χ3v) is 6.39. The molecule has 2 N–H and O–H groups in total. The van der Waals surface area contributed by atoms with E-state index in [2.05, 4.69) is 10.6 Å². The Morgan fingerprint density at radius 1 is 0.789 bits per heavy atom. The van der Waals surface area contributed by atoms with Gasteiger partial charge in [-0.25, -0.2) is 4.79 Å². The summed E-state index contributed by atoms with van der Waals surface area (Å²) in [5, 5.41) is 6.20. The molecule has 38 heavy (non-hydrogen) atoms. The highest BCUT2D eigenvalue weighted by Gasteiger charge is 2.47. The van der Waals surface area contributed by atoms with Crippen LogP contribution < -0.4 is 10.6 Å². The monoisotopic (exact) mass is 525 g/mol. The van der Waals surface area contributed by atoms with Gasteiger partial charge in [0.1, 0.15) is 0 Å². The van der Waals surface area contributed by atoms with E-state index in [1.165, 1.54) is 4.90 Å². The number of benzene rings is 4. The van der Waals surface area contributed by atoms with E-state index in [1.54, 1.807) is 60.7 Å². The summed E-state index contributed by atoms with van der Waals surface area (Å²) in [4.78, 5) is 40.8. The first-order valence-corrected chi connectivity index (χ1v) is 12.4. The van der Waals surface area contributed by atoms with Gasteiger partial charge in [-0.2, -0.15) is 0 Å². The van der Waals surface area contributed by atoms with Crippen LogP contribution in [0.2, 0.25) is 5.02 Å². The molecule has 2 atom stereocenters. The summed E-state index contributed by atoms with van der Waals surface area (Å²) in [6.07, 6.45) is -1.49. The molecule has 1 heterocycles. The van der Waals surface area contributed by atoms with Crippen LogP contribution in [-0.4, -0.2) is 28.8 Å². The van der Waals surface area contributed by atoms with Crippen LogP contribution >= 0.6 is 11.6 Å². The lowest BCUT2D eigenvalue weighted by atomic mass is 10.00. The zero-order chi connectivity index (χ0) is 26.5. The molecule has 8 heteroatoms. The first kappa shape index (κ1) is 25.0. The van der Waals surface area contributed by atoms with Crippen molar-refractivity contribution in [2.75, 3.05) is 10.6 Å². The fraction of sp³-hybridized carbons (Fsp3) is 0.100. The molecular formula is C30H24ClN3O4. The molecule has 0 spiro atoms. The molecule has 0 aromatic heterocycles. The molecule has 1 aliphatic heterocycles. The number of ether oxygens (including phenoxy) is 1. The van der Waals surface area contributed by atoms with Crippen molar-refractivity contribution in [3.63, 3.8) is 0 Å². The summed E-state index contributed by atoms with van der Waals surface area (Å²) in [6.45, 7) is 0.203. The van der Waals surface area contributed by atoms with Gasteiger partial charge in [-0.15, -0.1) is 0 Å². The van der Waals surface area contributed by atoms with Gasteiger partial charge in [-0.1, -0.05) is 78.3 Å². The summed E-state index contributed by atoms with van der Waals surface area (Å²) in [6, 6.07) is 31.1.